The van der Waals surface area contributed by atoms with Gasteiger partial charge in [0, 0.05) is 36.6 Å². The molecule has 0 spiro atoms. The standard InChI is InChI=1S/C30H33N5O2/c1-34-12-4-6-23(34)18-37-30-32-28-14-20(27-15-24(36)13-19-5-2-3-7-25(19)27)8-11-26(28)29(33-30)35-16-21-9-10-22(17-35)31-21/h2-3,5,7-8,11,13-15,21-23,31,36H,4,6,9-10,12,16-18H2,1H3/t21?,22?,23-/m0/s1. The van der Waals surface area contributed by atoms with E-state index in [4.69, 9.17) is 14.7 Å². The lowest BCUT2D eigenvalue weighted by molar-refractivity contribution is 0.188. The van der Waals surface area contributed by atoms with Gasteiger partial charge in [-0.1, -0.05) is 30.3 Å². The molecule has 3 atom stereocenters. The number of benzene rings is 3. The average molecular weight is 496 g/mol. The minimum Gasteiger partial charge on any atom is -0.508 e. The molecule has 3 saturated heterocycles. The third kappa shape index (κ3) is 4.26. The lowest BCUT2D eigenvalue weighted by Gasteiger charge is -2.34. The highest BCUT2D eigenvalue weighted by atomic mass is 16.5. The maximum atomic E-state index is 10.4. The van der Waals surface area contributed by atoms with Gasteiger partial charge < -0.3 is 25.0 Å². The minimum absolute atomic E-state index is 0.262. The fourth-order valence-corrected chi connectivity index (χ4v) is 6.43. The van der Waals surface area contributed by atoms with E-state index in [1.165, 1.54) is 19.3 Å². The molecule has 0 saturated carbocycles. The minimum atomic E-state index is 0.262. The van der Waals surface area contributed by atoms with E-state index in [0.29, 0.717) is 30.7 Å². The Morgan fingerprint density at radius 1 is 0.973 bits per heavy atom. The second kappa shape index (κ2) is 9.15. The van der Waals surface area contributed by atoms with Crippen LogP contribution < -0.4 is 15.0 Å². The van der Waals surface area contributed by atoms with Crippen molar-refractivity contribution in [2.45, 2.75) is 43.8 Å². The summed E-state index contributed by atoms with van der Waals surface area (Å²) in [6.45, 7) is 3.62. The van der Waals surface area contributed by atoms with Crippen molar-refractivity contribution in [2.75, 3.05) is 38.2 Å². The van der Waals surface area contributed by atoms with Gasteiger partial charge in [-0.05, 0) is 85.4 Å². The molecular weight excluding hydrogens is 462 g/mol. The lowest BCUT2D eigenvalue weighted by Crippen LogP contribution is -2.51. The molecule has 190 valence electrons. The SMILES string of the molecule is CN1CCC[C@H]1COc1nc(N2CC3CCC(C2)N3)c2ccc(-c3cc(O)cc4ccccc34)cc2n1. The molecule has 4 aromatic rings. The second-order valence-corrected chi connectivity index (χ2v) is 10.9. The van der Waals surface area contributed by atoms with E-state index >= 15 is 0 Å². The summed E-state index contributed by atoms with van der Waals surface area (Å²) in [5, 5.41) is 17.3. The molecule has 3 aliphatic heterocycles. The maximum Gasteiger partial charge on any atom is 0.319 e. The number of nitrogens with one attached hydrogen (secondary N) is 1. The summed E-state index contributed by atoms with van der Waals surface area (Å²) < 4.78 is 6.26. The van der Waals surface area contributed by atoms with E-state index in [1.807, 2.05) is 30.3 Å². The zero-order chi connectivity index (χ0) is 24.9. The van der Waals surface area contributed by atoms with Crippen molar-refractivity contribution in [2.24, 2.45) is 0 Å². The van der Waals surface area contributed by atoms with Crippen LogP contribution in [0.3, 0.4) is 0 Å². The number of phenolic OH excluding ortho intramolecular Hbond substituents is 1. The van der Waals surface area contributed by atoms with Gasteiger partial charge in [0.1, 0.15) is 18.2 Å². The highest BCUT2D eigenvalue weighted by Crippen LogP contribution is 2.37. The van der Waals surface area contributed by atoms with E-state index in [2.05, 4.69) is 46.4 Å². The second-order valence-electron chi connectivity index (χ2n) is 10.9. The first kappa shape index (κ1) is 22.8. The van der Waals surface area contributed by atoms with E-state index in [-0.39, 0.29) is 5.75 Å². The van der Waals surface area contributed by atoms with Crippen LogP contribution in [-0.2, 0) is 0 Å². The summed E-state index contributed by atoms with van der Waals surface area (Å²) in [5.41, 5.74) is 2.88. The first-order valence-electron chi connectivity index (χ1n) is 13.5. The van der Waals surface area contributed by atoms with Crippen molar-refractivity contribution >= 4 is 27.5 Å². The van der Waals surface area contributed by atoms with Crippen LogP contribution >= 0.6 is 0 Å². The topological polar surface area (TPSA) is 73.8 Å². The number of piperazine rings is 1. The van der Waals surface area contributed by atoms with E-state index in [1.54, 1.807) is 0 Å². The molecule has 3 fully saturated rings. The van der Waals surface area contributed by atoms with Crippen molar-refractivity contribution < 1.29 is 9.84 Å². The fraction of sp³-hybridized carbons (Fsp3) is 0.400. The van der Waals surface area contributed by atoms with Crippen molar-refractivity contribution in [3.63, 3.8) is 0 Å². The molecule has 0 amide bonds. The third-order valence-electron chi connectivity index (χ3n) is 8.41. The smallest absolute Gasteiger partial charge is 0.319 e. The van der Waals surface area contributed by atoms with E-state index in [9.17, 15) is 5.11 Å². The monoisotopic (exact) mass is 495 g/mol. The highest BCUT2D eigenvalue weighted by molar-refractivity contribution is 6.00. The molecule has 2 bridgehead atoms. The number of ether oxygens (including phenoxy) is 1. The van der Waals surface area contributed by atoms with E-state index in [0.717, 1.165) is 64.7 Å². The highest BCUT2D eigenvalue weighted by Gasteiger charge is 2.34. The van der Waals surface area contributed by atoms with Crippen molar-refractivity contribution in [3.05, 3.63) is 54.6 Å². The summed E-state index contributed by atoms with van der Waals surface area (Å²) >= 11 is 0. The number of nitrogens with zero attached hydrogens (tertiary/aromatic N) is 4. The van der Waals surface area contributed by atoms with Gasteiger partial charge in [0.25, 0.3) is 0 Å². The predicted octanol–water partition coefficient (Wildman–Crippen LogP) is 4.57. The molecule has 3 aliphatic rings. The van der Waals surface area contributed by atoms with Gasteiger partial charge >= 0.3 is 6.01 Å². The van der Waals surface area contributed by atoms with Gasteiger partial charge in [-0.25, -0.2) is 0 Å². The Morgan fingerprint density at radius 3 is 2.62 bits per heavy atom. The van der Waals surface area contributed by atoms with Crippen molar-refractivity contribution in [1.29, 1.82) is 0 Å². The number of likely N-dealkylation sites (tertiary alicyclic amines) is 1. The first-order chi connectivity index (χ1) is 18.1. The molecule has 0 radical (unpaired) electrons. The third-order valence-corrected chi connectivity index (χ3v) is 8.41. The van der Waals surface area contributed by atoms with Crippen LogP contribution in [0.5, 0.6) is 11.8 Å². The summed E-state index contributed by atoms with van der Waals surface area (Å²) in [6.07, 6.45) is 4.79. The quantitative estimate of drug-likeness (QED) is 0.420. The van der Waals surface area contributed by atoms with Crippen LogP contribution in [0.1, 0.15) is 25.7 Å². The Bertz CT molecular complexity index is 1460. The molecule has 7 nitrogen and oxygen atoms in total. The van der Waals surface area contributed by atoms with Gasteiger partial charge in [0.05, 0.1) is 5.52 Å². The van der Waals surface area contributed by atoms with Gasteiger partial charge in [-0.2, -0.15) is 9.97 Å². The summed E-state index contributed by atoms with van der Waals surface area (Å²) in [7, 11) is 2.16. The number of aromatic nitrogens is 2. The van der Waals surface area contributed by atoms with Crippen LogP contribution in [-0.4, -0.2) is 71.4 Å². The van der Waals surface area contributed by atoms with Crippen LogP contribution in [0.15, 0.2) is 54.6 Å². The number of aromatic hydroxyl groups is 1. The number of rotatable bonds is 5. The Hall–Kier alpha value is -3.42. The average Bonchev–Trinajstić information content (AvgIpc) is 3.49. The van der Waals surface area contributed by atoms with Crippen LogP contribution in [0.25, 0.3) is 32.8 Å². The zero-order valence-electron chi connectivity index (χ0n) is 21.2. The van der Waals surface area contributed by atoms with Gasteiger partial charge in [0.2, 0.25) is 0 Å². The predicted molar refractivity (Wildman–Crippen MR) is 147 cm³/mol. The molecule has 2 unspecified atom stereocenters. The molecule has 3 aromatic carbocycles. The number of fused-ring (bicyclic) bond motifs is 4. The van der Waals surface area contributed by atoms with Gasteiger partial charge in [-0.3, -0.25) is 0 Å². The van der Waals surface area contributed by atoms with Gasteiger partial charge in [-0.15, -0.1) is 0 Å². The zero-order valence-corrected chi connectivity index (χ0v) is 21.2. The molecule has 2 N–H and O–H groups in total. The number of likely N-dealkylation sites (N-methyl/N-ethyl adjacent to an activating group) is 1. The number of anilines is 1. The van der Waals surface area contributed by atoms with E-state index < -0.39 is 0 Å². The number of phenols is 1. The molecule has 1 aromatic heterocycles. The molecule has 7 heteroatoms. The van der Waals surface area contributed by atoms with Crippen LogP contribution in [0.4, 0.5) is 5.82 Å². The molecular formula is C30H33N5O2. The Kier molecular flexibility index (Phi) is 5.63. The molecule has 0 aliphatic carbocycles. The Morgan fingerprint density at radius 2 is 1.81 bits per heavy atom. The van der Waals surface area contributed by atoms with Crippen LogP contribution in [0, 0.1) is 0 Å². The first-order valence-corrected chi connectivity index (χ1v) is 13.5. The summed E-state index contributed by atoms with van der Waals surface area (Å²) in [6, 6.07) is 20.1. The fourth-order valence-electron chi connectivity index (χ4n) is 6.43. The van der Waals surface area contributed by atoms with Crippen LogP contribution in [0.2, 0.25) is 0 Å². The maximum absolute atomic E-state index is 10.4. The van der Waals surface area contributed by atoms with Crippen molar-refractivity contribution in [3.8, 4) is 22.9 Å². The summed E-state index contributed by atoms with van der Waals surface area (Å²) in [5.74, 6) is 1.23. The molecule has 37 heavy (non-hydrogen) atoms. The number of hydrogen-bond donors (Lipinski definition) is 2. The summed E-state index contributed by atoms with van der Waals surface area (Å²) in [4.78, 5) is 14.7. The van der Waals surface area contributed by atoms with Gasteiger partial charge in [0.15, 0.2) is 0 Å². The molecule has 4 heterocycles. The Balaban J connectivity index is 1.32. The van der Waals surface area contributed by atoms with Crippen molar-refractivity contribution in [1.82, 2.24) is 20.2 Å². The molecule has 7 rings (SSSR count). The number of hydrogen-bond acceptors (Lipinski definition) is 7. The largest absolute Gasteiger partial charge is 0.508 e. The lowest BCUT2D eigenvalue weighted by atomic mass is 9.97. The Labute approximate surface area is 217 Å². The normalized spacial score (nSPS) is 23.8.